The highest BCUT2D eigenvalue weighted by Gasteiger charge is 2.44. The molecule has 0 radical (unpaired) electrons. The summed E-state index contributed by atoms with van der Waals surface area (Å²) in [6.45, 7) is 3.61. The van der Waals surface area contributed by atoms with E-state index in [0.29, 0.717) is 25.7 Å². The van der Waals surface area contributed by atoms with Crippen LogP contribution in [0.2, 0.25) is 0 Å². The van der Waals surface area contributed by atoms with Crippen LogP contribution in [0.5, 0.6) is 0 Å². The van der Waals surface area contributed by atoms with E-state index in [1.807, 2.05) is 0 Å². The Morgan fingerprint density at radius 1 is 1.20 bits per heavy atom. The van der Waals surface area contributed by atoms with Crippen molar-refractivity contribution in [2.75, 3.05) is 37.7 Å². The summed E-state index contributed by atoms with van der Waals surface area (Å²) in [6.07, 6.45) is 0.705. The van der Waals surface area contributed by atoms with Crippen LogP contribution in [-0.2, 0) is 16.0 Å². The molecule has 0 saturated carbocycles. The predicted octanol–water partition coefficient (Wildman–Crippen LogP) is -2.59. The van der Waals surface area contributed by atoms with Crippen molar-refractivity contribution in [2.24, 2.45) is 5.73 Å². The summed E-state index contributed by atoms with van der Waals surface area (Å²) in [5.41, 5.74) is 6.00. The number of carbonyl (C=O) groups excluding carboxylic acids is 1. The van der Waals surface area contributed by atoms with Crippen molar-refractivity contribution in [3.63, 3.8) is 0 Å². The summed E-state index contributed by atoms with van der Waals surface area (Å²) in [6, 6.07) is 0. The number of hydrogen-bond acceptors (Lipinski definition) is 11. The fourth-order valence-corrected chi connectivity index (χ4v) is 3.35. The first kappa shape index (κ1) is 20.6. The SMILES string of the molecule is NC(=O)c1ncn([C@@H]2O[C@H](CNCc3cnc(N4CCOCC4)nc3)[C@@H](O)[C@H]2O)n1. The lowest BCUT2D eigenvalue weighted by Crippen LogP contribution is -2.38. The number of rotatable bonds is 7. The van der Waals surface area contributed by atoms with E-state index in [-0.39, 0.29) is 12.4 Å². The van der Waals surface area contributed by atoms with E-state index >= 15 is 0 Å². The van der Waals surface area contributed by atoms with Gasteiger partial charge in [-0.25, -0.2) is 19.6 Å². The fraction of sp³-hybridized carbons (Fsp3) is 0.588. The number of ether oxygens (including phenoxy) is 2. The highest BCUT2D eigenvalue weighted by Crippen LogP contribution is 2.28. The van der Waals surface area contributed by atoms with Crippen molar-refractivity contribution in [3.8, 4) is 0 Å². The van der Waals surface area contributed by atoms with Crippen LogP contribution in [0.4, 0.5) is 5.95 Å². The van der Waals surface area contributed by atoms with Crippen LogP contribution in [0, 0.1) is 0 Å². The van der Waals surface area contributed by atoms with Gasteiger partial charge in [0.25, 0.3) is 5.91 Å². The quantitative estimate of drug-likeness (QED) is 0.370. The lowest BCUT2D eigenvalue weighted by Gasteiger charge is -2.26. The molecular weight excluding hydrogens is 396 g/mol. The van der Waals surface area contributed by atoms with Crippen molar-refractivity contribution in [2.45, 2.75) is 31.1 Å². The molecular formula is C17H24N8O5. The molecule has 0 spiro atoms. The van der Waals surface area contributed by atoms with Gasteiger partial charge in [0.1, 0.15) is 24.6 Å². The van der Waals surface area contributed by atoms with E-state index in [9.17, 15) is 15.0 Å². The summed E-state index contributed by atoms with van der Waals surface area (Å²) in [4.78, 5) is 25.7. The molecule has 2 aliphatic heterocycles. The molecule has 5 N–H and O–H groups in total. The lowest BCUT2D eigenvalue weighted by molar-refractivity contribution is -0.0439. The van der Waals surface area contributed by atoms with Gasteiger partial charge in [-0.05, 0) is 0 Å². The Labute approximate surface area is 171 Å². The molecule has 13 heteroatoms. The number of anilines is 1. The van der Waals surface area contributed by atoms with Gasteiger partial charge in [0.05, 0.1) is 13.2 Å². The minimum atomic E-state index is -1.23. The zero-order valence-corrected chi connectivity index (χ0v) is 16.2. The first-order valence-corrected chi connectivity index (χ1v) is 9.60. The molecule has 0 aliphatic carbocycles. The van der Waals surface area contributed by atoms with Crippen molar-refractivity contribution >= 4 is 11.9 Å². The molecule has 2 aliphatic rings. The van der Waals surface area contributed by atoms with Crippen LogP contribution < -0.4 is 16.0 Å². The molecule has 4 heterocycles. The summed E-state index contributed by atoms with van der Waals surface area (Å²) >= 11 is 0. The Kier molecular flexibility index (Phi) is 6.15. The van der Waals surface area contributed by atoms with Gasteiger partial charge in [-0.1, -0.05) is 0 Å². The van der Waals surface area contributed by atoms with Gasteiger partial charge in [0.2, 0.25) is 11.8 Å². The molecule has 13 nitrogen and oxygen atoms in total. The molecule has 0 unspecified atom stereocenters. The Balaban J connectivity index is 1.28. The first-order valence-electron chi connectivity index (χ1n) is 9.60. The minimum Gasteiger partial charge on any atom is -0.387 e. The van der Waals surface area contributed by atoms with Gasteiger partial charge in [0.15, 0.2) is 6.23 Å². The number of aromatic nitrogens is 5. The van der Waals surface area contributed by atoms with E-state index in [2.05, 4.69) is 30.3 Å². The molecule has 2 aromatic heterocycles. The largest absolute Gasteiger partial charge is 0.387 e. The number of morpholine rings is 1. The molecule has 30 heavy (non-hydrogen) atoms. The lowest BCUT2D eigenvalue weighted by atomic mass is 10.1. The molecule has 4 rings (SSSR count). The summed E-state index contributed by atoms with van der Waals surface area (Å²) in [5.74, 6) is -0.310. The van der Waals surface area contributed by atoms with Gasteiger partial charge in [0, 0.05) is 44.1 Å². The number of carbonyl (C=O) groups is 1. The van der Waals surface area contributed by atoms with Gasteiger partial charge in [-0.3, -0.25) is 4.79 Å². The maximum absolute atomic E-state index is 11.1. The molecule has 2 fully saturated rings. The van der Waals surface area contributed by atoms with Gasteiger partial charge in [-0.2, -0.15) is 0 Å². The van der Waals surface area contributed by atoms with Crippen LogP contribution in [0.15, 0.2) is 18.7 Å². The normalized spacial score (nSPS) is 26.8. The van der Waals surface area contributed by atoms with Gasteiger partial charge < -0.3 is 35.6 Å². The molecule has 162 valence electrons. The Morgan fingerprint density at radius 2 is 1.93 bits per heavy atom. The first-order chi connectivity index (χ1) is 14.5. The topological polar surface area (TPSA) is 174 Å². The number of nitrogens with zero attached hydrogens (tertiary/aromatic N) is 6. The minimum absolute atomic E-state index is 0.192. The van der Waals surface area contributed by atoms with Crippen LogP contribution in [0.3, 0.4) is 0 Å². The number of primary amides is 1. The Morgan fingerprint density at radius 3 is 2.60 bits per heavy atom. The van der Waals surface area contributed by atoms with Gasteiger partial charge in [-0.15, -0.1) is 5.10 Å². The third-order valence-corrected chi connectivity index (χ3v) is 4.99. The summed E-state index contributed by atoms with van der Waals surface area (Å²) < 4.78 is 12.2. The Hall–Kier alpha value is -2.71. The van der Waals surface area contributed by atoms with E-state index in [0.717, 1.165) is 18.7 Å². The molecule has 2 aromatic rings. The second-order valence-corrected chi connectivity index (χ2v) is 7.08. The maximum atomic E-state index is 11.1. The second-order valence-electron chi connectivity index (χ2n) is 7.08. The van der Waals surface area contributed by atoms with Crippen molar-refractivity contribution in [1.29, 1.82) is 0 Å². The maximum Gasteiger partial charge on any atom is 0.288 e. The van der Waals surface area contributed by atoms with Crippen molar-refractivity contribution in [3.05, 3.63) is 30.1 Å². The average molecular weight is 420 g/mol. The number of aliphatic hydroxyl groups excluding tert-OH is 2. The Bertz CT molecular complexity index is 856. The average Bonchev–Trinajstić information content (AvgIpc) is 3.36. The molecule has 2 saturated heterocycles. The molecule has 1 amide bonds. The van der Waals surface area contributed by atoms with Gasteiger partial charge >= 0.3 is 0 Å². The number of aliphatic hydroxyl groups is 2. The van der Waals surface area contributed by atoms with E-state index in [1.54, 1.807) is 12.4 Å². The van der Waals surface area contributed by atoms with Crippen molar-refractivity contribution < 1.29 is 24.5 Å². The van der Waals surface area contributed by atoms with Crippen LogP contribution in [-0.4, -0.2) is 92.0 Å². The number of hydrogen-bond donors (Lipinski definition) is 4. The smallest absolute Gasteiger partial charge is 0.288 e. The molecule has 0 bridgehead atoms. The van der Waals surface area contributed by atoms with E-state index in [1.165, 1.54) is 11.0 Å². The zero-order chi connectivity index (χ0) is 21.1. The van der Waals surface area contributed by atoms with Crippen LogP contribution in [0.1, 0.15) is 22.4 Å². The fourth-order valence-electron chi connectivity index (χ4n) is 3.35. The van der Waals surface area contributed by atoms with E-state index in [4.69, 9.17) is 15.2 Å². The zero-order valence-electron chi connectivity index (χ0n) is 16.2. The standard InChI is InChI=1S/C17H24N8O5/c18-14(28)15-22-9-25(23-15)16-13(27)12(26)11(30-16)8-19-5-10-6-20-17(21-7-10)24-1-3-29-4-2-24/h6-7,9,11-13,16,19,26-27H,1-5,8H2,(H2,18,28)/t11-,12-,13-,16-/m1/s1. The predicted molar refractivity (Wildman–Crippen MR) is 101 cm³/mol. The third-order valence-electron chi connectivity index (χ3n) is 4.99. The van der Waals surface area contributed by atoms with E-state index < -0.39 is 30.4 Å². The van der Waals surface area contributed by atoms with Crippen LogP contribution >= 0.6 is 0 Å². The monoisotopic (exact) mass is 420 g/mol. The van der Waals surface area contributed by atoms with Crippen LogP contribution in [0.25, 0.3) is 0 Å². The summed E-state index contributed by atoms with van der Waals surface area (Å²) in [5, 5.41) is 27.6. The second kappa shape index (κ2) is 8.97. The number of nitrogens with two attached hydrogens (primary N) is 1. The molecule has 0 aromatic carbocycles. The highest BCUT2D eigenvalue weighted by atomic mass is 16.6. The number of nitrogens with one attached hydrogen (secondary N) is 1. The van der Waals surface area contributed by atoms with Crippen molar-refractivity contribution in [1.82, 2.24) is 30.0 Å². The summed E-state index contributed by atoms with van der Waals surface area (Å²) in [7, 11) is 0. The third kappa shape index (κ3) is 4.39. The highest BCUT2D eigenvalue weighted by molar-refractivity contribution is 5.88. The number of amides is 1. The molecule has 4 atom stereocenters.